The third-order valence-electron chi connectivity index (χ3n) is 5.04. The number of hydrogen-bond donors (Lipinski definition) is 3. The van der Waals surface area contributed by atoms with Gasteiger partial charge in [0.15, 0.2) is 0 Å². The first-order chi connectivity index (χ1) is 15.5. The summed E-state index contributed by atoms with van der Waals surface area (Å²) in [5.74, 6) is -1.29. The standard InChI is InChI=1S/C20H20ClF4N5O3/c1-33-9-14(30-8-15(20(23,24)25)28-19(30)32)10-4-5-27-16(7-10)29-18(31)17(26)11-2-3-13(22)12(21)6-11/h2-7,14-15,17H,8-9,26H2,1H3,(H,28,32)(H,27,29,31)/t14-,15+,17+/m1/s1. The topological polar surface area (TPSA) is 110 Å². The molecule has 0 spiro atoms. The van der Waals surface area contributed by atoms with Gasteiger partial charge in [-0.15, -0.1) is 0 Å². The van der Waals surface area contributed by atoms with Crippen LogP contribution in [0.4, 0.5) is 28.2 Å². The van der Waals surface area contributed by atoms with Crippen molar-refractivity contribution in [2.75, 3.05) is 25.6 Å². The van der Waals surface area contributed by atoms with E-state index in [2.05, 4.69) is 10.3 Å². The Morgan fingerprint density at radius 3 is 2.70 bits per heavy atom. The van der Waals surface area contributed by atoms with E-state index in [0.717, 1.165) is 11.0 Å². The quantitative estimate of drug-likeness (QED) is 0.518. The smallest absolute Gasteiger partial charge is 0.382 e. The maximum atomic E-state index is 13.3. The Morgan fingerprint density at radius 2 is 2.09 bits per heavy atom. The maximum Gasteiger partial charge on any atom is 0.410 e. The fraction of sp³-hybridized carbons (Fsp3) is 0.350. The number of rotatable bonds is 7. The Labute approximate surface area is 191 Å². The monoisotopic (exact) mass is 489 g/mol. The highest BCUT2D eigenvalue weighted by Gasteiger charge is 2.48. The lowest BCUT2D eigenvalue weighted by molar-refractivity contribution is -0.150. The van der Waals surface area contributed by atoms with Crippen molar-refractivity contribution in [3.63, 3.8) is 0 Å². The van der Waals surface area contributed by atoms with Crippen molar-refractivity contribution in [2.45, 2.75) is 24.3 Å². The van der Waals surface area contributed by atoms with E-state index in [1.165, 1.54) is 37.6 Å². The zero-order valence-electron chi connectivity index (χ0n) is 17.2. The fourth-order valence-electron chi connectivity index (χ4n) is 3.32. The zero-order valence-corrected chi connectivity index (χ0v) is 18.0. The third-order valence-corrected chi connectivity index (χ3v) is 5.33. The number of carbonyl (C=O) groups excluding carboxylic acids is 2. The largest absolute Gasteiger partial charge is 0.410 e. The Kier molecular flexibility index (Phi) is 7.40. The van der Waals surface area contributed by atoms with Crippen molar-refractivity contribution >= 4 is 29.4 Å². The van der Waals surface area contributed by atoms with E-state index in [1.54, 1.807) is 0 Å². The molecular weight excluding hydrogens is 470 g/mol. The Bertz CT molecular complexity index is 1040. The normalized spacial score (nSPS) is 18.1. The van der Waals surface area contributed by atoms with Crippen molar-refractivity contribution in [2.24, 2.45) is 5.73 Å². The molecule has 13 heteroatoms. The van der Waals surface area contributed by atoms with E-state index < -0.39 is 48.6 Å². The number of benzene rings is 1. The van der Waals surface area contributed by atoms with Crippen LogP contribution in [0.5, 0.6) is 0 Å². The number of amides is 3. The molecule has 0 bridgehead atoms. The summed E-state index contributed by atoms with van der Waals surface area (Å²) in [6, 6.07) is 1.55. The second-order valence-electron chi connectivity index (χ2n) is 7.28. The third kappa shape index (κ3) is 5.70. The van der Waals surface area contributed by atoms with Crippen LogP contribution >= 0.6 is 11.6 Å². The van der Waals surface area contributed by atoms with E-state index >= 15 is 0 Å². The summed E-state index contributed by atoms with van der Waals surface area (Å²) >= 11 is 5.73. The molecule has 33 heavy (non-hydrogen) atoms. The van der Waals surface area contributed by atoms with Crippen LogP contribution in [0.2, 0.25) is 5.02 Å². The lowest BCUT2D eigenvalue weighted by Gasteiger charge is -2.27. The van der Waals surface area contributed by atoms with Gasteiger partial charge in [0.2, 0.25) is 5.91 Å². The molecule has 1 aliphatic rings. The number of carbonyl (C=O) groups is 2. The number of nitrogens with one attached hydrogen (secondary N) is 2. The number of pyridine rings is 1. The molecule has 3 rings (SSSR count). The number of ether oxygens (including phenoxy) is 1. The SMILES string of the molecule is COC[C@H](c1ccnc(NC(=O)[C@@H](N)c2ccc(F)c(Cl)c2)c1)N1C[C@@H](C(F)(F)F)NC1=O. The summed E-state index contributed by atoms with van der Waals surface area (Å²) in [4.78, 5) is 29.8. The highest BCUT2D eigenvalue weighted by molar-refractivity contribution is 6.30. The number of halogens is 5. The van der Waals surface area contributed by atoms with Gasteiger partial charge < -0.3 is 26.0 Å². The molecule has 2 heterocycles. The molecule has 178 valence electrons. The molecule has 0 saturated carbocycles. The van der Waals surface area contributed by atoms with Crippen LogP contribution in [0.25, 0.3) is 0 Å². The molecule has 0 radical (unpaired) electrons. The molecule has 0 aliphatic carbocycles. The summed E-state index contributed by atoms with van der Waals surface area (Å²) in [6.45, 7) is -0.695. The van der Waals surface area contributed by atoms with E-state index in [9.17, 15) is 27.2 Å². The molecule has 2 aromatic rings. The first-order valence-corrected chi connectivity index (χ1v) is 9.99. The summed E-state index contributed by atoms with van der Waals surface area (Å²) in [6.07, 6.45) is -3.28. The number of methoxy groups -OCH3 is 1. The predicted molar refractivity (Wildman–Crippen MR) is 111 cm³/mol. The van der Waals surface area contributed by atoms with E-state index in [1.807, 2.05) is 5.32 Å². The minimum atomic E-state index is -4.60. The molecule has 1 aromatic carbocycles. The fourth-order valence-corrected chi connectivity index (χ4v) is 3.51. The van der Waals surface area contributed by atoms with E-state index in [-0.39, 0.29) is 23.0 Å². The van der Waals surface area contributed by atoms with Gasteiger partial charge in [-0.3, -0.25) is 4.79 Å². The Morgan fingerprint density at radius 1 is 1.36 bits per heavy atom. The van der Waals surface area contributed by atoms with Gasteiger partial charge in [-0.05, 0) is 35.4 Å². The van der Waals surface area contributed by atoms with Gasteiger partial charge in [-0.1, -0.05) is 17.7 Å². The van der Waals surface area contributed by atoms with E-state index in [0.29, 0.717) is 5.56 Å². The van der Waals surface area contributed by atoms with Crippen LogP contribution in [0, 0.1) is 5.82 Å². The Hall–Kier alpha value is -2.96. The minimum Gasteiger partial charge on any atom is -0.382 e. The second kappa shape index (κ2) is 9.89. The van der Waals surface area contributed by atoms with Crippen molar-refractivity contribution in [3.05, 3.63) is 58.5 Å². The Balaban J connectivity index is 1.78. The minimum absolute atomic E-state index is 0.0502. The first-order valence-electron chi connectivity index (χ1n) is 9.61. The molecule has 3 atom stereocenters. The molecular formula is C20H20ClF4N5O3. The van der Waals surface area contributed by atoms with Crippen molar-refractivity contribution < 1.29 is 31.9 Å². The zero-order chi connectivity index (χ0) is 24.3. The second-order valence-corrected chi connectivity index (χ2v) is 7.69. The number of urea groups is 1. The number of hydrogen-bond acceptors (Lipinski definition) is 5. The van der Waals surface area contributed by atoms with Gasteiger partial charge >= 0.3 is 12.2 Å². The molecule has 1 aliphatic heterocycles. The molecule has 1 saturated heterocycles. The van der Waals surface area contributed by atoms with Crippen LogP contribution < -0.4 is 16.4 Å². The number of anilines is 1. The molecule has 8 nitrogen and oxygen atoms in total. The maximum absolute atomic E-state index is 13.3. The van der Waals surface area contributed by atoms with Crippen LogP contribution in [0.3, 0.4) is 0 Å². The number of alkyl halides is 3. The number of aromatic nitrogens is 1. The van der Waals surface area contributed by atoms with Crippen molar-refractivity contribution in [1.82, 2.24) is 15.2 Å². The van der Waals surface area contributed by atoms with Gasteiger partial charge in [-0.2, -0.15) is 13.2 Å². The lowest BCUT2D eigenvalue weighted by atomic mass is 10.1. The average Bonchev–Trinajstić information content (AvgIpc) is 3.15. The summed E-state index contributed by atoms with van der Waals surface area (Å²) in [7, 11) is 1.35. The molecule has 1 fully saturated rings. The lowest BCUT2D eigenvalue weighted by Crippen LogP contribution is -2.40. The van der Waals surface area contributed by atoms with Crippen LogP contribution in [0.1, 0.15) is 23.2 Å². The van der Waals surface area contributed by atoms with Gasteiger partial charge in [0, 0.05) is 13.3 Å². The van der Waals surface area contributed by atoms with Gasteiger partial charge in [-0.25, -0.2) is 14.2 Å². The summed E-state index contributed by atoms with van der Waals surface area (Å²) < 4.78 is 57.6. The first kappa shape index (κ1) is 24.7. The van der Waals surface area contributed by atoms with Gasteiger partial charge in [0.1, 0.15) is 23.7 Å². The highest BCUT2D eigenvalue weighted by Crippen LogP contribution is 2.31. The average molecular weight is 490 g/mol. The molecule has 1 aromatic heterocycles. The summed E-state index contributed by atoms with van der Waals surface area (Å²) in [5, 5.41) is 4.21. The van der Waals surface area contributed by atoms with Crippen LogP contribution in [-0.2, 0) is 9.53 Å². The van der Waals surface area contributed by atoms with Gasteiger partial charge in [0.05, 0.1) is 24.2 Å². The van der Waals surface area contributed by atoms with Crippen LogP contribution in [0.15, 0.2) is 36.5 Å². The van der Waals surface area contributed by atoms with Crippen LogP contribution in [-0.4, -0.2) is 54.3 Å². The highest BCUT2D eigenvalue weighted by atomic mass is 35.5. The molecule has 4 N–H and O–H groups in total. The van der Waals surface area contributed by atoms with Gasteiger partial charge in [0.25, 0.3) is 0 Å². The molecule has 3 amide bonds. The number of nitrogens with two attached hydrogens (primary N) is 1. The molecule has 0 unspecified atom stereocenters. The van der Waals surface area contributed by atoms with E-state index in [4.69, 9.17) is 22.1 Å². The van der Waals surface area contributed by atoms with Crippen molar-refractivity contribution in [3.8, 4) is 0 Å². The number of nitrogens with zero attached hydrogens (tertiary/aromatic N) is 2. The summed E-state index contributed by atoms with van der Waals surface area (Å²) in [5.41, 5.74) is 6.57. The van der Waals surface area contributed by atoms with Crippen molar-refractivity contribution in [1.29, 1.82) is 0 Å². The predicted octanol–water partition coefficient (Wildman–Crippen LogP) is 3.16.